The number of anilines is 4. The van der Waals surface area contributed by atoms with Crippen molar-refractivity contribution in [1.29, 1.82) is 0 Å². The van der Waals surface area contributed by atoms with Crippen molar-refractivity contribution in [3.63, 3.8) is 0 Å². The zero-order valence-electron chi connectivity index (χ0n) is 36.8. The molecule has 5 aromatic rings. The van der Waals surface area contributed by atoms with E-state index >= 15 is 0 Å². The maximum Gasteiger partial charge on any atom is 0.294 e. The Hall–Kier alpha value is -5.81. The van der Waals surface area contributed by atoms with Gasteiger partial charge in [-0.3, -0.25) is 38.6 Å². The predicted octanol–water partition coefficient (Wildman–Crippen LogP) is 5.42. The van der Waals surface area contributed by atoms with Crippen LogP contribution >= 0.6 is 11.6 Å². The summed E-state index contributed by atoms with van der Waals surface area (Å²) in [5.74, 6) is 0.564. The highest BCUT2D eigenvalue weighted by molar-refractivity contribution is 6.33. The lowest BCUT2D eigenvalue weighted by atomic mass is 9.65. The summed E-state index contributed by atoms with van der Waals surface area (Å²) in [5.41, 5.74) is 9.39. The summed E-state index contributed by atoms with van der Waals surface area (Å²) in [6.07, 6.45) is 11.4. The van der Waals surface area contributed by atoms with Crippen molar-refractivity contribution in [2.24, 2.45) is 24.1 Å². The molecule has 1 saturated carbocycles. The minimum absolute atomic E-state index is 0.000518. The number of halogens is 1. The lowest BCUT2D eigenvalue weighted by molar-refractivity contribution is -0.134. The lowest BCUT2D eigenvalue weighted by Crippen LogP contribution is -2.48. The highest BCUT2D eigenvalue weighted by Crippen LogP contribution is 2.47. The third kappa shape index (κ3) is 8.96. The second-order valence-electron chi connectivity index (χ2n) is 18.4. The van der Waals surface area contributed by atoms with Crippen molar-refractivity contribution in [3.8, 4) is 5.75 Å². The van der Waals surface area contributed by atoms with Gasteiger partial charge in [0.15, 0.2) is 11.6 Å². The summed E-state index contributed by atoms with van der Waals surface area (Å²) in [4.78, 5) is 70.3. The highest BCUT2D eigenvalue weighted by Gasteiger charge is 2.39. The Balaban J connectivity index is 0.765. The molecule has 17 nitrogen and oxygen atoms in total. The van der Waals surface area contributed by atoms with Gasteiger partial charge in [-0.05, 0) is 100 Å². The maximum atomic E-state index is 13.2. The van der Waals surface area contributed by atoms with Gasteiger partial charge in [-0.25, -0.2) is 9.97 Å². The Kier molecular flexibility index (Phi) is 12.2. The van der Waals surface area contributed by atoms with Gasteiger partial charge >= 0.3 is 0 Å². The molecular formula is C46H57ClN12O5. The number of hydrogen-bond donors (Lipinski definition) is 3. The smallest absolute Gasteiger partial charge is 0.294 e. The molecule has 1 spiro atoms. The first kappa shape index (κ1) is 43.4. The number of nitrogens with two attached hydrogens (primary N) is 1. The number of nitrogens with zero attached hydrogens (tertiary/aromatic N) is 9. The largest absolute Gasteiger partial charge is 0.487 e. The monoisotopic (exact) mass is 892 g/mol. The Morgan fingerprint density at radius 1 is 0.969 bits per heavy atom. The SMILES string of the molecule is CC(C)n1c(=O)c(OCCC(N)=O)cc2cc(Nc3nc(N4CCC5(CCC(CN6CCN(c7ccc8c(C9CCC(=O)NC9=O)nn(C)c8c7)CC6)CC5)CC4)ncc3Cl)cnc21. The molecule has 1 aliphatic carbocycles. The van der Waals surface area contributed by atoms with Crippen LogP contribution in [0.2, 0.25) is 5.02 Å². The average Bonchev–Trinajstić information content (AvgIpc) is 3.60. The molecule has 1 aromatic carbocycles. The van der Waals surface area contributed by atoms with Crippen LogP contribution in [0.25, 0.3) is 21.9 Å². The summed E-state index contributed by atoms with van der Waals surface area (Å²) in [6, 6.07) is 9.76. The number of imide groups is 1. The summed E-state index contributed by atoms with van der Waals surface area (Å²) < 4.78 is 9.12. The van der Waals surface area contributed by atoms with Crippen LogP contribution in [0.1, 0.15) is 89.3 Å². The quantitative estimate of drug-likeness (QED) is 0.134. The van der Waals surface area contributed by atoms with E-state index in [9.17, 15) is 19.2 Å². The second-order valence-corrected chi connectivity index (χ2v) is 18.8. The van der Waals surface area contributed by atoms with Gasteiger partial charge in [-0.1, -0.05) is 11.6 Å². The molecule has 0 radical (unpaired) electrons. The molecule has 18 heteroatoms. The number of rotatable bonds is 12. The van der Waals surface area contributed by atoms with Crippen molar-refractivity contribution in [1.82, 2.24) is 39.5 Å². The summed E-state index contributed by atoms with van der Waals surface area (Å²) in [7, 11) is 1.92. The Labute approximate surface area is 376 Å². The van der Waals surface area contributed by atoms with Crippen molar-refractivity contribution in [2.45, 2.75) is 83.6 Å². The van der Waals surface area contributed by atoms with Crippen LogP contribution in [0.3, 0.4) is 0 Å². The van der Waals surface area contributed by atoms with Crippen molar-refractivity contribution in [3.05, 3.63) is 63.8 Å². The van der Waals surface area contributed by atoms with E-state index < -0.39 is 11.8 Å². The van der Waals surface area contributed by atoms with Crippen LogP contribution in [-0.2, 0) is 21.4 Å². The van der Waals surface area contributed by atoms with Gasteiger partial charge in [0.2, 0.25) is 23.7 Å². The van der Waals surface area contributed by atoms with E-state index in [1.807, 2.05) is 31.6 Å². The number of ether oxygens (including phenoxy) is 1. The molecular weight excluding hydrogens is 836 g/mol. The van der Waals surface area contributed by atoms with E-state index in [0.29, 0.717) is 57.7 Å². The van der Waals surface area contributed by atoms with E-state index in [4.69, 9.17) is 32.2 Å². The van der Waals surface area contributed by atoms with E-state index in [0.717, 1.165) is 75.3 Å². The second kappa shape index (κ2) is 18.0. The number of piperazine rings is 1. The molecule has 64 heavy (non-hydrogen) atoms. The third-order valence-corrected chi connectivity index (χ3v) is 14.2. The summed E-state index contributed by atoms with van der Waals surface area (Å²) in [5, 5.41) is 12.6. The molecule has 338 valence electrons. The topological polar surface area (TPSA) is 199 Å². The number of amides is 3. The number of aromatic nitrogens is 6. The highest BCUT2D eigenvalue weighted by atomic mass is 35.5. The third-order valence-electron chi connectivity index (χ3n) is 13.9. The number of fused-ring (bicyclic) bond motifs is 2. The number of benzene rings is 1. The zero-order valence-corrected chi connectivity index (χ0v) is 37.6. The lowest BCUT2D eigenvalue weighted by Gasteiger charge is -2.47. The number of primary amides is 1. The van der Waals surface area contributed by atoms with Crippen molar-refractivity contribution < 1.29 is 19.1 Å². The molecule has 4 aromatic heterocycles. The van der Waals surface area contributed by atoms with E-state index in [1.54, 1.807) is 23.0 Å². The van der Waals surface area contributed by atoms with E-state index in [-0.39, 0.29) is 42.2 Å². The minimum atomic E-state index is -0.505. The normalized spacial score (nSPS) is 19.8. The van der Waals surface area contributed by atoms with E-state index in [2.05, 4.69) is 53.5 Å². The number of carbonyl (C=O) groups excluding carboxylic acids is 3. The van der Waals surface area contributed by atoms with Crippen LogP contribution in [-0.4, -0.2) is 104 Å². The first-order chi connectivity index (χ1) is 30.8. The summed E-state index contributed by atoms with van der Waals surface area (Å²) >= 11 is 6.63. The summed E-state index contributed by atoms with van der Waals surface area (Å²) in [6.45, 7) is 10.7. The molecule has 0 bridgehead atoms. The number of hydrogen-bond acceptors (Lipinski definition) is 13. The van der Waals surface area contributed by atoms with Gasteiger partial charge in [0, 0.05) is 81.8 Å². The molecule has 1 unspecified atom stereocenters. The van der Waals surface area contributed by atoms with Gasteiger partial charge in [-0.2, -0.15) is 10.1 Å². The molecule has 1 atom stereocenters. The molecule has 4 N–H and O–H groups in total. The maximum absolute atomic E-state index is 13.2. The molecule has 3 saturated heterocycles. The van der Waals surface area contributed by atoms with E-state index in [1.165, 1.54) is 31.4 Å². The van der Waals surface area contributed by atoms with Gasteiger partial charge in [-0.15, -0.1) is 0 Å². The van der Waals surface area contributed by atoms with Crippen LogP contribution in [0.15, 0.2) is 47.5 Å². The van der Waals surface area contributed by atoms with Gasteiger partial charge in [0.1, 0.15) is 10.7 Å². The van der Waals surface area contributed by atoms with Crippen LogP contribution in [0.4, 0.5) is 23.1 Å². The fourth-order valence-electron chi connectivity index (χ4n) is 10.2. The van der Waals surface area contributed by atoms with Crippen LogP contribution < -0.4 is 36.5 Å². The van der Waals surface area contributed by atoms with Crippen LogP contribution in [0.5, 0.6) is 5.75 Å². The molecule has 7 heterocycles. The van der Waals surface area contributed by atoms with Gasteiger partial charge in [0.25, 0.3) is 5.56 Å². The number of aryl methyl sites for hydroxylation is 1. The Morgan fingerprint density at radius 3 is 2.45 bits per heavy atom. The number of nitrogens with one attached hydrogen (secondary N) is 2. The van der Waals surface area contributed by atoms with Gasteiger partial charge < -0.3 is 25.6 Å². The zero-order chi connectivity index (χ0) is 44.7. The Morgan fingerprint density at radius 2 is 1.73 bits per heavy atom. The number of piperidine rings is 2. The molecule has 4 aliphatic rings. The first-order valence-corrected chi connectivity index (χ1v) is 23.0. The standard InChI is InChI=1S/C46H57ClN12O5/c1-28(2)59-42-30(23-37(44(59)63)64-21-10-38(48)60)22-31(25-49-42)51-41-35(47)26-50-45(53-41)58-15-13-46(14-16-58)11-8-29(9-12-46)27-56-17-19-57(20-18-56)32-4-5-33-36(24-32)55(3)54-40(33)34-6-7-39(61)52-43(34)62/h4-5,22-26,28-29,34H,6-21,27H2,1-3H3,(H2,48,60)(H,50,51,53)(H,52,61,62). The van der Waals surface area contributed by atoms with Crippen molar-refractivity contribution >= 4 is 74.4 Å². The average molecular weight is 893 g/mol. The minimum Gasteiger partial charge on any atom is -0.487 e. The molecule has 3 amide bonds. The molecule has 4 fully saturated rings. The molecule has 9 rings (SSSR count). The first-order valence-electron chi connectivity index (χ1n) is 22.6. The fourth-order valence-corrected chi connectivity index (χ4v) is 10.4. The van der Waals surface area contributed by atoms with Crippen molar-refractivity contribution in [2.75, 3.05) is 67.5 Å². The van der Waals surface area contributed by atoms with Gasteiger partial charge in [0.05, 0.1) is 48.2 Å². The fraction of sp³-hybridized carbons (Fsp3) is 0.522. The Bertz CT molecular complexity index is 2640. The van der Waals surface area contributed by atoms with Crippen LogP contribution in [0, 0.1) is 11.3 Å². The molecule has 3 aliphatic heterocycles. The number of carbonyl (C=O) groups is 3. The predicted molar refractivity (Wildman–Crippen MR) is 246 cm³/mol. The number of pyridine rings is 2.